The third-order valence-corrected chi connectivity index (χ3v) is 3.75. The summed E-state index contributed by atoms with van der Waals surface area (Å²) in [4.78, 5) is 0. The number of benzene rings is 2. The maximum Gasteiger partial charge on any atom is 0.135 e. The highest BCUT2D eigenvalue weighted by Crippen LogP contribution is 2.30. The van der Waals surface area contributed by atoms with Gasteiger partial charge < -0.3 is 9.73 Å². The maximum absolute atomic E-state index is 6.00. The topological polar surface area (TPSA) is 25.2 Å². The summed E-state index contributed by atoms with van der Waals surface area (Å²) in [6.45, 7) is 6.27. The molecule has 0 aliphatic rings. The van der Waals surface area contributed by atoms with Crippen molar-refractivity contribution in [3.05, 3.63) is 59.7 Å². The predicted octanol–water partition coefficient (Wildman–Crippen LogP) is 4.91. The molecule has 0 fully saturated rings. The molecule has 1 aromatic heterocycles. The van der Waals surface area contributed by atoms with Gasteiger partial charge >= 0.3 is 0 Å². The first-order chi connectivity index (χ1) is 10.3. The van der Waals surface area contributed by atoms with Crippen LogP contribution >= 0.6 is 0 Å². The molecule has 2 aromatic carbocycles. The van der Waals surface area contributed by atoms with Crippen LogP contribution in [0.5, 0.6) is 0 Å². The Labute approximate surface area is 125 Å². The number of furan rings is 1. The number of fused-ring (bicyclic) bond motifs is 1. The summed E-state index contributed by atoms with van der Waals surface area (Å²) in [5.41, 5.74) is 4.67. The molecule has 0 bridgehead atoms. The Balaban J connectivity index is 1.94. The molecule has 0 saturated heterocycles. The lowest BCUT2D eigenvalue weighted by atomic mass is 10.0. The van der Waals surface area contributed by atoms with Gasteiger partial charge in [0, 0.05) is 17.5 Å². The predicted molar refractivity (Wildman–Crippen MR) is 88.4 cm³/mol. The SMILES string of the molecule is CCCNCc1ccc(C)c(-c2cc3ccccc3o2)c1. The Morgan fingerprint density at radius 1 is 1.05 bits per heavy atom. The van der Waals surface area contributed by atoms with E-state index in [4.69, 9.17) is 4.42 Å². The molecular weight excluding hydrogens is 258 g/mol. The average Bonchev–Trinajstić information content (AvgIpc) is 2.93. The van der Waals surface area contributed by atoms with Crippen molar-refractivity contribution in [1.29, 1.82) is 0 Å². The number of rotatable bonds is 5. The molecule has 2 heteroatoms. The van der Waals surface area contributed by atoms with Gasteiger partial charge in [0.05, 0.1) is 0 Å². The fraction of sp³-hybridized carbons (Fsp3) is 0.263. The van der Waals surface area contributed by atoms with Gasteiger partial charge in [-0.15, -0.1) is 0 Å². The molecule has 108 valence electrons. The van der Waals surface area contributed by atoms with Gasteiger partial charge in [-0.05, 0) is 49.2 Å². The molecule has 3 aromatic rings. The van der Waals surface area contributed by atoms with Crippen LogP contribution in [0.2, 0.25) is 0 Å². The fourth-order valence-corrected chi connectivity index (χ4v) is 2.57. The summed E-state index contributed by atoms with van der Waals surface area (Å²) in [6, 6.07) is 16.9. The van der Waals surface area contributed by atoms with Crippen molar-refractivity contribution in [2.75, 3.05) is 6.54 Å². The zero-order chi connectivity index (χ0) is 14.7. The summed E-state index contributed by atoms with van der Waals surface area (Å²) < 4.78 is 6.00. The van der Waals surface area contributed by atoms with Crippen molar-refractivity contribution in [2.45, 2.75) is 26.8 Å². The van der Waals surface area contributed by atoms with Crippen molar-refractivity contribution in [3.8, 4) is 11.3 Å². The standard InChI is InChI=1S/C19H21NO/c1-3-10-20-13-15-9-8-14(2)17(11-15)19-12-16-6-4-5-7-18(16)21-19/h4-9,11-12,20H,3,10,13H2,1-2H3. The van der Waals surface area contributed by atoms with Gasteiger partial charge in [-0.1, -0.05) is 37.3 Å². The Morgan fingerprint density at radius 3 is 2.71 bits per heavy atom. The van der Waals surface area contributed by atoms with Crippen molar-refractivity contribution >= 4 is 11.0 Å². The van der Waals surface area contributed by atoms with Gasteiger partial charge in [-0.3, -0.25) is 0 Å². The first-order valence-corrected chi connectivity index (χ1v) is 7.57. The van der Waals surface area contributed by atoms with E-state index in [1.165, 1.54) is 16.7 Å². The van der Waals surface area contributed by atoms with Gasteiger partial charge in [0.25, 0.3) is 0 Å². The van der Waals surface area contributed by atoms with E-state index in [1.807, 2.05) is 18.2 Å². The van der Waals surface area contributed by atoms with Crippen LogP contribution in [0.25, 0.3) is 22.3 Å². The first-order valence-electron chi connectivity index (χ1n) is 7.57. The number of hydrogen-bond donors (Lipinski definition) is 1. The highest BCUT2D eigenvalue weighted by molar-refractivity contribution is 5.83. The van der Waals surface area contributed by atoms with Crippen LogP contribution in [-0.4, -0.2) is 6.54 Å². The Bertz CT molecular complexity index is 709. The fourth-order valence-electron chi connectivity index (χ4n) is 2.57. The number of nitrogens with one attached hydrogen (secondary N) is 1. The molecule has 0 amide bonds. The van der Waals surface area contributed by atoms with Gasteiger partial charge in [0.1, 0.15) is 11.3 Å². The van der Waals surface area contributed by atoms with E-state index in [2.05, 4.69) is 49.5 Å². The zero-order valence-electron chi connectivity index (χ0n) is 12.6. The van der Waals surface area contributed by atoms with E-state index >= 15 is 0 Å². The third-order valence-electron chi connectivity index (χ3n) is 3.75. The summed E-state index contributed by atoms with van der Waals surface area (Å²) in [6.07, 6.45) is 1.16. The first kappa shape index (κ1) is 13.9. The lowest BCUT2D eigenvalue weighted by molar-refractivity contribution is 0.630. The normalized spacial score (nSPS) is 11.1. The van der Waals surface area contributed by atoms with Gasteiger partial charge in [0.15, 0.2) is 0 Å². The minimum Gasteiger partial charge on any atom is -0.456 e. The summed E-state index contributed by atoms with van der Waals surface area (Å²) >= 11 is 0. The second-order valence-electron chi connectivity index (χ2n) is 5.47. The number of hydrogen-bond acceptors (Lipinski definition) is 2. The minimum atomic E-state index is 0.904. The van der Waals surface area contributed by atoms with Crippen LogP contribution in [-0.2, 0) is 6.54 Å². The van der Waals surface area contributed by atoms with Crippen molar-refractivity contribution < 1.29 is 4.42 Å². The molecule has 2 nitrogen and oxygen atoms in total. The Hall–Kier alpha value is -2.06. The molecule has 0 unspecified atom stereocenters. The zero-order valence-corrected chi connectivity index (χ0v) is 12.6. The second kappa shape index (κ2) is 6.15. The maximum atomic E-state index is 6.00. The van der Waals surface area contributed by atoms with Gasteiger partial charge in [0.2, 0.25) is 0 Å². The van der Waals surface area contributed by atoms with Crippen molar-refractivity contribution in [1.82, 2.24) is 5.32 Å². The lowest BCUT2D eigenvalue weighted by Crippen LogP contribution is -2.13. The van der Waals surface area contributed by atoms with Crippen LogP contribution in [0.4, 0.5) is 0 Å². The molecule has 0 radical (unpaired) electrons. The van der Waals surface area contributed by atoms with E-state index in [1.54, 1.807) is 0 Å². The smallest absolute Gasteiger partial charge is 0.135 e. The van der Waals surface area contributed by atoms with Crippen LogP contribution in [0.3, 0.4) is 0 Å². The average molecular weight is 279 g/mol. The molecule has 0 spiro atoms. The third kappa shape index (κ3) is 3.01. The molecule has 0 aliphatic carbocycles. The molecule has 3 rings (SSSR count). The van der Waals surface area contributed by atoms with Crippen LogP contribution < -0.4 is 5.32 Å². The van der Waals surface area contributed by atoms with E-state index < -0.39 is 0 Å². The van der Waals surface area contributed by atoms with E-state index in [0.29, 0.717) is 0 Å². The number of aryl methyl sites for hydroxylation is 1. The van der Waals surface area contributed by atoms with Crippen molar-refractivity contribution in [3.63, 3.8) is 0 Å². The van der Waals surface area contributed by atoms with Crippen LogP contribution in [0.15, 0.2) is 52.9 Å². The molecule has 21 heavy (non-hydrogen) atoms. The quantitative estimate of drug-likeness (QED) is 0.671. The molecule has 1 heterocycles. The van der Waals surface area contributed by atoms with Crippen molar-refractivity contribution in [2.24, 2.45) is 0 Å². The molecular formula is C19H21NO. The Kier molecular flexibility index (Phi) is 4.07. The highest BCUT2D eigenvalue weighted by Gasteiger charge is 2.09. The molecule has 0 aliphatic heterocycles. The van der Waals surface area contributed by atoms with Crippen LogP contribution in [0, 0.1) is 6.92 Å². The van der Waals surface area contributed by atoms with Crippen LogP contribution in [0.1, 0.15) is 24.5 Å². The number of para-hydroxylation sites is 1. The largest absolute Gasteiger partial charge is 0.456 e. The summed E-state index contributed by atoms with van der Waals surface area (Å²) in [7, 11) is 0. The van der Waals surface area contributed by atoms with E-state index in [-0.39, 0.29) is 0 Å². The lowest BCUT2D eigenvalue weighted by Gasteiger charge is -2.08. The summed E-state index contributed by atoms with van der Waals surface area (Å²) in [5, 5.41) is 4.60. The van der Waals surface area contributed by atoms with Gasteiger partial charge in [-0.25, -0.2) is 0 Å². The second-order valence-corrected chi connectivity index (χ2v) is 5.47. The highest BCUT2D eigenvalue weighted by atomic mass is 16.3. The van der Waals surface area contributed by atoms with Gasteiger partial charge in [-0.2, -0.15) is 0 Å². The minimum absolute atomic E-state index is 0.904. The van der Waals surface area contributed by atoms with E-state index in [0.717, 1.165) is 36.2 Å². The molecule has 1 N–H and O–H groups in total. The molecule has 0 atom stereocenters. The summed E-state index contributed by atoms with van der Waals surface area (Å²) in [5.74, 6) is 0.950. The van der Waals surface area contributed by atoms with E-state index in [9.17, 15) is 0 Å². The monoisotopic (exact) mass is 279 g/mol. The molecule has 0 saturated carbocycles. The Morgan fingerprint density at radius 2 is 1.90 bits per heavy atom.